The number of piperidine rings is 1. The second-order valence-corrected chi connectivity index (χ2v) is 12.2. The number of halogens is 1. The molecule has 3 aromatic rings. The average Bonchev–Trinajstić information content (AvgIpc) is 2.88. The van der Waals surface area contributed by atoms with Gasteiger partial charge in [0.2, 0.25) is 5.91 Å². The van der Waals surface area contributed by atoms with Crippen LogP contribution in [0.25, 0.3) is 0 Å². The van der Waals surface area contributed by atoms with E-state index in [2.05, 4.69) is 29.3 Å². The fourth-order valence-corrected chi connectivity index (χ4v) is 6.11. The summed E-state index contributed by atoms with van der Waals surface area (Å²) in [6, 6.07) is 19.8. The highest BCUT2D eigenvalue weighted by Gasteiger charge is 2.27. The van der Waals surface area contributed by atoms with Crippen molar-refractivity contribution in [2.24, 2.45) is 5.92 Å². The molecule has 1 heterocycles. The number of hydrogen-bond donors (Lipinski definition) is 1. The third kappa shape index (κ3) is 6.65. The van der Waals surface area contributed by atoms with Crippen LogP contribution in [0.4, 0.5) is 11.4 Å². The summed E-state index contributed by atoms with van der Waals surface area (Å²) in [7, 11) is -3.99. The normalized spacial score (nSPS) is 15.9. The smallest absolute Gasteiger partial charge is 0.264 e. The minimum atomic E-state index is -3.99. The molecule has 0 aromatic heterocycles. The minimum absolute atomic E-state index is 0.116. The Morgan fingerprint density at radius 2 is 1.76 bits per heavy atom. The first kappa shape index (κ1) is 27.0. The van der Waals surface area contributed by atoms with E-state index in [0.29, 0.717) is 23.2 Å². The van der Waals surface area contributed by atoms with Crippen molar-refractivity contribution in [1.29, 1.82) is 0 Å². The molecule has 1 aliphatic heterocycles. The van der Waals surface area contributed by atoms with Gasteiger partial charge >= 0.3 is 0 Å². The Morgan fingerprint density at radius 3 is 2.41 bits per heavy atom. The van der Waals surface area contributed by atoms with Crippen LogP contribution in [-0.2, 0) is 21.4 Å². The first-order valence-corrected chi connectivity index (χ1v) is 14.4. The van der Waals surface area contributed by atoms with Gasteiger partial charge in [0, 0.05) is 30.3 Å². The number of carbonyl (C=O) groups is 1. The maximum absolute atomic E-state index is 13.6. The van der Waals surface area contributed by atoms with Crippen LogP contribution in [0.5, 0.6) is 0 Å². The van der Waals surface area contributed by atoms with E-state index in [9.17, 15) is 13.2 Å². The predicted molar refractivity (Wildman–Crippen MR) is 151 cm³/mol. The maximum Gasteiger partial charge on any atom is 0.264 e. The number of nitrogens with zero attached hydrogens (tertiary/aromatic N) is 2. The maximum atomic E-state index is 13.6. The molecule has 196 valence electrons. The lowest BCUT2D eigenvalue weighted by Crippen LogP contribution is -2.40. The van der Waals surface area contributed by atoms with Crippen molar-refractivity contribution in [3.63, 3.8) is 0 Å². The molecule has 8 heteroatoms. The highest BCUT2D eigenvalue weighted by molar-refractivity contribution is 7.92. The Labute approximate surface area is 225 Å². The van der Waals surface area contributed by atoms with Gasteiger partial charge in [0.05, 0.1) is 10.6 Å². The Hall–Kier alpha value is -3.03. The fourth-order valence-electron chi connectivity index (χ4n) is 4.52. The van der Waals surface area contributed by atoms with Gasteiger partial charge in [0.1, 0.15) is 6.54 Å². The summed E-state index contributed by atoms with van der Waals surface area (Å²) in [4.78, 5) is 15.5. The molecule has 1 amide bonds. The highest BCUT2D eigenvalue weighted by atomic mass is 35.5. The van der Waals surface area contributed by atoms with Crippen molar-refractivity contribution in [3.05, 3.63) is 88.4 Å². The molecule has 3 aromatic carbocycles. The van der Waals surface area contributed by atoms with Crippen molar-refractivity contribution in [2.75, 3.05) is 28.8 Å². The van der Waals surface area contributed by atoms with Crippen LogP contribution in [0.1, 0.15) is 36.5 Å². The predicted octanol–water partition coefficient (Wildman–Crippen LogP) is 5.70. The number of nitrogens with one attached hydrogen (secondary N) is 1. The zero-order valence-corrected chi connectivity index (χ0v) is 23.1. The van der Waals surface area contributed by atoms with Crippen LogP contribution < -0.4 is 14.5 Å². The third-order valence-corrected chi connectivity index (χ3v) is 8.98. The zero-order chi connectivity index (χ0) is 26.6. The van der Waals surface area contributed by atoms with Gasteiger partial charge in [0.15, 0.2) is 0 Å². The number of amides is 1. The number of anilines is 2. The summed E-state index contributed by atoms with van der Waals surface area (Å²) in [6.45, 7) is 8.08. The molecular formula is C29H34ClN3O3S. The van der Waals surface area contributed by atoms with E-state index in [0.717, 1.165) is 34.1 Å². The molecule has 4 rings (SSSR count). The van der Waals surface area contributed by atoms with Crippen molar-refractivity contribution < 1.29 is 13.2 Å². The quantitative estimate of drug-likeness (QED) is 0.398. The Kier molecular flexibility index (Phi) is 8.45. The van der Waals surface area contributed by atoms with Crippen LogP contribution in [0.3, 0.4) is 0 Å². The number of sulfonamides is 1. The van der Waals surface area contributed by atoms with E-state index in [1.165, 1.54) is 18.5 Å². The molecule has 0 aliphatic carbocycles. The van der Waals surface area contributed by atoms with Crippen molar-refractivity contribution >= 4 is 38.9 Å². The van der Waals surface area contributed by atoms with Crippen LogP contribution in [0.2, 0.25) is 5.02 Å². The largest absolute Gasteiger partial charge is 0.371 e. The fraction of sp³-hybridized carbons (Fsp3) is 0.345. The molecule has 1 saturated heterocycles. The van der Waals surface area contributed by atoms with Crippen molar-refractivity contribution in [3.8, 4) is 0 Å². The molecule has 1 N–H and O–H groups in total. The second-order valence-electron chi connectivity index (χ2n) is 9.89. The number of carbonyl (C=O) groups excluding carboxylic acids is 1. The standard InChI is InChI=1S/C29H34ClN3O3S/c1-21-6-14-27(15-7-21)37(35,36)33(26-11-8-23(3)28(30)17-26)20-29(34)31-18-24-9-12-25(13-10-24)32-16-4-5-22(2)19-32/h6-15,17,22H,4-5,16,18-20H2,1-3H3,(H,31,34). The van der Waals surface area contributed by atoms with Gasteiger partial charge in [-0.3, -0.25) is 9.10 Å². The average molecular weight is 540 g/mol. The molecular weight excluding hydrogens is 506 g/mol. The zero-order valence-electron chi connectivity index (χ0n) is 21.6. The SMILES string of the molecule is Cc1ccc(S(=O)(=O)N(CC(=O)NCc2ccc(N3CCCC(C)C3)cc2)c2ccc(C)c(Cl)c2)cc1. The van der Waals surface area contributed by atoms with Gasteiger partial charge in [0.25, 0.3) is 10.0 Å². The summed E-state index contributed by atoms with van der Waals surface area (Å²) < 4.78 is 28.2. The molecule has 1 aliphatic rings. The van der Waals surface area contributed by atoms with Gasteiger partial charge in [-0.25, -0.2) is 8.42 Å². The summed E-state index contributed by atoms with van der Waals surface area (Å²) in [6.07, 6.45) is 2.47. The monoisotopic (exact) mass is 539 g/mol. The lowest BCUT2D eigenvalue weighted by molar-refractivity contribution is -0.119. The second kappa shape index (κ2) is 11.6. The number of rotatable bonds is 8. The van der Waals surface area contributed by atoms with Gasteiger partial charge in [-0.05, 0) is 80.1 Å². The van der Waals surface area contributed by atoms with E-state index in [4.69, 9.17) is 11.6 Å². The summed E-state index contributed by atoms with van der Waals surface area (Å²) in [5.41, 5.74) is 4.25. The van der Waals surface area contributed by atoms with Crippen LogP contribution >= 0.6 is 11.6 Å². The summed E-state index contributed by atoms with van der Waals surface area (Å²) in [5.74, 6) is 0.288. The summed E-state index contributed by atoms with van der Waals surface area (Å²) in [5, 5.41) is 3.31. The highest BCUT2D eigenvalue weighted by Crippen LogP contribution is 2.28. The molecule has 1 unspecified atom stereocenters. The molecule has 6 nitrogen and oxygen atoms in total. The van der Waals surface area contributed by atoms with E-state index in [1.54, 1.807) is 42.5 Å². The van der Waals surface area contributed by atoms with E-state index in [1.807, 2.05) is 26.0 Å². The Balaban J connectivity index is 1.48. The van der Waals surface area contributed by atoms with Crippen molar-refractivity contribution in [2.45, 2.75) is 45.1 Å². The van der Waals surface area contributed by atoms with E-state index in [-0.39, 0.29) is 11.4 Å². The summed E-state index contributed by atoms with van der Waals surface area (Å²) >= 11 is 6.30. The Bertz CT molecular complexity index is 1340. The lowest BCUT2D eigenvalue weighted by Gasteiger charge is -2.32. The van der Waals surface area contributed by atoms with Crippen molar-refractivity contribution in [1.82, 2.24) is 5.32 Å². The van der Waals surface area contributed by atoms with E-state index < -0.39 is 15.9 Å². The molecule has 0 spiro atoms. The lowest BCUT2D eigenvalue weighted by atomic mass is 9.99. The van der Waals surface area contributed by atoms with Crippen LogP contribution in [0.15, 0.2) is 71.6 Å². The van der Waals surface area contributed by atoms with Crippen LogP contribution in [-0.4, -0.2) is 34.0 Å². The minimum Gasteiger partial charge on any atom is -0.371 e. The topological polar surface area (TPSA) is 69.7 Å². The van der Waals surface area contributed by atoms with Gasteiger partial charge < -0.3 is 10.2 Å². The Morgan fingerprint density at radius 1 is 1.05 bits per heavy atom. The molecule has 0 saturated carbocycles. The first-order chi connectivity index (χ1) is 17.6. The third-order valence-electron chi connectivity index (χ3n) is 6.79. The molecule has 1 atom stereocenters. The molecule has 37 heavy (non-hydrogen) atoms. The van der Waals surface area contributed by atoms with Gasteiger partial charge in [-0.15, -0.1) is 0 Å². The van der Waals surface area contributed by atoms with Gasteiger partial charge in [-0.1, -0.05) is 54.4 Å². The first-order valence-electron chi connectivity index (χ1n) is 12.6. The molecule has 0 radical (unpaired) electrons. The number of benzene rings is 3. The van der Waals surface area contributed by atoms with E-state index >= 15 is 0 Å². The number of aryl methyl sites for hydroxylation is 2. The molecule has 1 fully saturated rings. The molecule has 0 bridgehead atoms. The van der Waals surface area contributed by atoms with Crippen LogP contribution in [0, 0.1) is 19.8 Å². The number of hydrogen-bond acceptors (Lipinski definition) is 4. The van der Waals surface area contributed by atoms with Gasteiger partial charge in [-0.2, -0.15) is 0 Å².